The normalized spacial score (nSPS) is 19.1. The summed E-state index contributed by atoms with van der Waals surface area (Å²) in [5, 5.41) is 27.5. The molecule has 1 saturated carbocycles. The van der Waals surface area contributed by atoms with Crippen LogP contribution >= 0.6 is 0 Å². The average molecular weight is 541 g/mol. The van der Waals surface area contributed by atoms with Crippen LogP contribution < -0.4 is 10.9 Å². The molecule has 0 unspecified atom stereocenters. The van der Waals surface area contributed by atoms with Crippen LogP contribution in [0.1, 0.15) is 74.0 Å². The van der Waals surface area contributed by atoms with E-state index in [4.69, 9.17) is 0 Å². The summed E-state index contributed by atoms with van der Waals surface area (Å²) < 4.78 is 2.67. The molecule has 39 heavy (non-hydrogen) atoms. The van der Waals surface area contributed by atoms with Gasteiger partial charge in [-0.05, 0) is 57.4 Å². The zero-order valence-electron chi connectivity index (χ0n) is 22.6. The molecule has 12 nitrogen and oxygen atoms in total. The van der Waals surface area contributed by atoms with Gasteiger partial charge >= 0.3 is 6.09 Å². The van der Waals surface area contributed by atoms with Crippen molar-refractivity contribution in [1.82, 2.24) is 29.3 Å². The molecule has 0 aromatic carbocycles. The lowest BCUT2D eigenvalue weighted by Gasteiger charge is -2.44. The van der Waals surface area contributed by atoms with E-state index >= 15 is 0 Å². The summed E-state index contributed by atoms with van der Waals surface area (Å²) in [6.45, 7) is 7.31. The highest BCUT2D eigenvalue weighted by Gasteiger charge is 2.45. The third-order valence-electron chi connectivity index (χ3n) is 8.13. The second kappa shape index (κ2) is 10.0. The van der Waals surface area contributed by atoms with E-state index in [1.807, 2.05) is 18.7 Å². The van der Waals surface area contributed by atoms with Crippen LogP contribution in [0, 0.1) is 12.8 Å². The van der Waals surface area contributed by atoms with Gasteiger partial charge in [-0.2, -0.15) is 9.61 Å². The van der Waals surface area contributed by atoms with Crippen molar-refractivity contribution >= 4 is 29.6 Å². The zero-order chi connectivity index (χ0) is 28.1. The minimum atomic E-state index is -0.937. The fourth-order valence-electron chi connectivity index (χ4n) is 5.94. The van der Waals surface area contributed by atoms with Gasteiger partial charge in [0, 0.05) is 49.4 Å². The van der Waals surface area contributed by atoms with Gasteiger partial charge in [0.05, 0.1) is 5.69 Å². The maximum atomic E-state index is 13.5. The number of hydrogen-bond acceptors (Lipinski definition) is 6. The number of aryl methyl sites for hydroxylation is 1. The van der Waals surface area contributed by atoms with Crippen molar-refractivity contribution in [1.29, 1.82) is 0 Å². The lowest BCUT2D eigenvalue weighted by Crippen LogP contribution is -2.54. The van der Waals surface area contributed by atoms with Crippen LogP contribution in [0.15, 0.2) is 10.9 Å². The lowest BCUT2D eigenvalue weighted by molar-refractivity contribution is -0.131. The fraction of sp³-hybridized carbons (Fsp3) is 0.593. The summed E-state index contributed by atoms with van der Waals surface area (Å²) in [5.74, 6) is -1.26. The minimum Gasteiger partial charge on any atom is -0.492 e. The molecule has 210 valence electrons. The van der Waals surface area contributed by atoms with Crippen molar-refractivity contribution in [3.8, 4) is 5.88 Å². The Kier molecular flexibility index (Phi) is 6.90. The summed E-state index contributed by atoms with van der Waals surface area (Å²) in [6, 6.07) is 0.0136. The van der Waals surface area contributed by atoms with E-state index in [0.29, 0.717) is 55.9 Å². The smallest absolute Gasteiger partial charge is 0.407 e. The molecular formula is C27H36N6O6. The number of fused-ring (bicyclic) bond motifs is 1. The molecule has 1 spiro atoms. The van der Waals surface area contributed by atoms with E-state index in [2.05, 4.69) is 10.4 Å². The Bertz CT molecular complexity index is 1410. The number of carbonyl (C=O) groups is 3. The van der Waals surface area contributed by atoms with Crippen LogP contribution in [0.2, 0.25) is 0 Å². The minimum absolute atomic E-state index is 0.0136. The quantitative estimate of drug-likeness (QED) is 0.476. The summed E-state index contributed by atoms with van der Waals surface area (Å²) in [4.78, 5) is 54.4. The summed E-state index contributed by atoms with van der Waals surface area (Å²) >= 11 is 0. The number of nitrogens with zero attached hydrogens (tertiary/aromatic N) is 5. The molecule has 12 heteroatoms. The molecule has 2 aromatic heterocycles. The van der Waals surface area contributed by atoms with Gasteiger partial charge in [-0.25, -0.2) is 4.79 Å². The molecule has 3 fully saturated rings. The summed E-state index contributed by atoms with van der Waals surface area (Å²) in [5.41, 5.74) is 0.0380. The molecule has 0 bridgehead atoms. The first kappa shape index (κ1) is 26.8. The number of hydrogen-bond donors (Lipinski definition) is 3. The van der Waals surface area contributed by atoms with Gasteiger partial charge in [0.1, 0.15) is 5.65 Å². The highest BCUT2D eigenvalue weighted by Crippen LogP contribution is 2.39. The third-order valence-corrected chi connectivity index (χ3v) is 8.13. The molecule has 2 saturated heterocycles. The number of aromatic hydroxyl groups is 1. The van der Waals surface area contributed by atoms with Crippen LogP contribution in [0.3, 0.4) is 0 Å². The topological polar surface area (TPSA) is 149 Å². The molecule has 0 atom stereocenters. The number of piperidine rings is 1. The molecule has 5 rings (SSSR count). The largest absolute Gasteiger partial charge is 0.492 e. The monoisotopic (exact) mass is 540 g/mol. The van der Waals surface area contributed by atoms with Crippen molar-refractivity contribution in [2.24, 2.45) is 5.92 Å². The van der Waals surface area contributed by atoms with Gasteiger partial charge in [0.25, 0.3) is 11.5 Å². The number of likely N-dealkylation sites (tertiary alicyclic amines) is 2. The summed E-state index contributed by atoms with van der Waals surface area (Å²) in [7, 11) is 0. The fourth-order valence-corrected chi connectivity index (χ4v) is 5.94. The highest BCUT2D eigenvalue weighted by atomic mass is 16.4. The van der Waals surface area contributed by atoms with Crippen molar-refractivity contribution in [2.75, 3.05) is 19.6 Å². The molecule has 4 heterocycles. The Morgan fingerprint density at radius 3 is 2.46 bits per heavy atom. The van der Waals surface area contributed by atoms with Gasteiger partial charge < -0.3 is 25.3 Å². The standard InChI is InChI=1S/C27H36N6O6/c1-16(2)15-31-23-19(17(3)29-33(23)25(37)21(24(31)36)22(35)28-18-5-6-18)7-8-20(34)32-12-4-9-27(32)10-13-30(14-11-27)26(38)39/h7-8,16,18,37H,4-6,9-15H2,1-3H3,(H,28,35)(H,38,39). The average Bonchev–Trinajstić information content (AvgIpc) is 3.50. The Balaban J connectivity index is 1.49. The van der Waals surface area contributed by atoms with E-state index in [1.165, 1.54) is 20.1 Å². The van der Waals surface area contributed by atoms with E-state index in [0.717, 1.165) is 25.7 Å². The molecule has 2 aliphatic heterocycles. The van der Waals surface area contributed by atoms with E-state index in [9.17, 15) is 29.4 Å². The van der Waals surface area contributed by atoms with Crippen LogP contribution in [0.25, 0.3) is 11.7 Å². The maximum Gasteiger partial charge on any atom is 0.407 e. The highest BCUT2D eigenvalue weighted by molar-refractivity contribution is 5.97. The van der Waals surface area contributed by atoms with Crippen molar-refractivity contribution in [3.63, 3.8) is 0 Å². The number of carboxylic acid groups (broad SMARTS) is 1. The lowest BCUT2D eigenvalue weighted by atomic mass is 9.85. The number of aromatic nitrogens is 3. The van der Waals surface area contributed by atoms with E-state index in [1.54, 1.807) is 13.0 Å². The molecular weight excluding hydrogens is 504 g/mol. The Morgan fingerprint density at radius 2 is 1.85 bits per heavy atom. The number of amides is 3. The second-order valence-corrected chi connectivity index (χ2v) is 11.4. The Morgan fingerprint density at radius 1 is 1.15 bits per heavy atom. The molecule has 1 aliphatic carbocycles. The zero-order valence-corrected chi connectivity index (χ0v) is 22.6. The van der Waals surface area contributed by atoms with Crippen LogP contribution in [-0.2, 0) is 11.3 Å². The van der Waals surface area contributed by atoms with Crippen molar-refractivity contribution < 1.29 is 24.6 Å². The molecule has 2 aromatic rings. The van der Waals surface area contributed by atoms with Gasteiger partial charge in [0.15, 0.2) is 5.56 Å². The number of nitrogens with one attached hydrogen (secondary N) is 1. The predicted octanol–water partition coefficient (Wildman–Crippen LogP) is 2.21. The van der Waals surface area contributed by atoms with Gasteiger partial charge in [-0.3, -0.25) is 19.0 Å². The first-order valence-electron chi connectivity index (χ1n) is 13.7. The third kappa shape index (κ3) is 4.87. The predicted molar refractivity (Wildman–Crippen MR) is 143 cm³/mol. The van der Waals surface area contributed by atoms with Gasteiger partial charge in [-0.1, -0.05) is 13.8 Å². The first-order valence-corrected chi connectivity index (χ1v) is 13.7. The molecule has 3 N–H and O–H groups in total. The Labute approximate surface area is 225 Å². The van der Waals surface area contributed by atoms with Crippen molar-refractivity contribution in [2.45, 2.75) is 77.4 Å². The van der Waals surface area contributed by atoms with Gasteiger partial charge in [0.2, 0.25) is 11.8 Å². The van der Waals surface area contributed by atoms with E-state index in [-0.39, 0.29) is 29.0 Å². The SMILES string of the molecule is Cc1nn2c(O)c(C(=O)NC3CC3)c(=O)n(CC(C)C)c2c1C=CC(=O)N1CCCC12CCN(C(=O)O)CC2. The molecule has 3 aliphatic rings. The molecule has 3 amide bonds. The van der Waals surface area contributed by atoms with E-state index < -0.39 is 23.4 Å². The van der Waals surface area contributed by atoms with Crippen LogP contribution in [0.4, 0.5) is 4.79 Å². The Hall–Kier alpha value is -3.83. The van der Waals surface area contributed by atoms with Gasteiger partial charge in [-0.15, -0.1) is 0 Å². The number of rotatable bonds is 6. The molecule has 0 radical (unpaired) electrons. The van der Waals surface area contributed by atoms with Crippen molar-refractivity contribution in [3.05, 3.63) is 33.3 Å². The maximum absolute atomic E-state index is 13.5. The summed E-state index contributed by atoms with van der Waals surface area (Å²) in [6.07, 6.45) is 6.73. The van der Waals surface area contributed by atoms with Crippen LogP contribution in [-0.4, -0.2) is 83.3 Å². The second-order valence-electron chi connectivity index (χ2n) is 11.4. The first-order chi connectivity index (χ1) is 18.5. The number of carbonyl (C=O) groups excluding carboxylic acids is 2. The van der Waals surface area contributed by atoms with Crippen LogP contribution in [0.5, 0.6) is 5.88 Å².